The highest BCUT2D eigenvalue weighted by Crippen LogP contribution is 2.05. The third kappa shape index (κ3) is 1.70. The van der Waals surface area contributed by atoms with E-state index in [0.717, 1.165) is 0 Å². The highest BCUT2D eigenvalue weighted by Gasteiger charge is 2.26. The Morgan fingerprint density at radius 1 is 1.70 bits per heavy atom. The van der Waals surface area contributed by atoms with E-state index in [2.05, 4.69) is 5.32 Å². The number of carbonyl (C=O) groups is 2. The molecule has 1 saturated heterocycles. The molecule has 0 spiro atoms. The fourth-order valence-electron chi connectivity index (χ4n) is 0.799. The Morgan fingerprint density at radius 3 is 2.50 bits per heavy atom. The molecule has 1 atom stereocenters. The Balaban J connectivity index is 0.000000810. The molecular weight excluding hydrogens is 136 g/mol. The SMILES string of the molecule is N.O=C1CC[C@@H](C(=O)O)N1. The van der Waals surface area contributed by atoms with Gasteiger partial charge < -0.3 is 16.6 Å². The summed E-state index contributed by atoms with van der Waals surface area (Å²) in [6.07, 6.45) is 0.769. The van der Waals surface area contributed by atoms with E-state index in [0.29, 0.717) is 12.8 Å². The molecule has 1 amide bonds. The van der Waals surface area contributed by atoms with E-state index in [4.69, 9.17) is 5.11 Å². The Kier molecular flexibility index (Phi) is 2.82. The molecule has 0 aromatic heterocycles. The van der Waals surface area contributed by atoms with E-state index < -0.39 is 12.0 Å². The first-order valence-corrected chi connectivity index (χ1v) is 2.72. The molecule has 0 unspecified atom stereocenters. The van der Waals surface area contributed by atoms with Crippen molar-refractivity contribution >= 4 is 11.9 Å². The van der Waals surface area contributed by atoms with Crippen LogP contribution < -0.4 is 11.5 Å². The van der Waals surface area contributed by atoms with Crippen molar-refractivity contribution in [1.82, 2.24) is 11.5 Å². The highest BCUT2D eigenvalue weighted by atomic mass is 16.4. The van der Waals surface area contributed by atoms with Crippen molar-refractivity contribution < 1.29 is 14.7 Å². The number of hydrogen-bond acceptors (Lipinski definition) is 3. The summed E-state index contributed by atoms with van der Waals surface area (Å²) in [5, 5.41) is 10.6. The van der Waals surface area contributed by atoms with E-state index in [-0.39, 0.29) is 12.1 Å². The third-order valence-corrected chi connectivity index (χ3v) is 1.29. The van der Waals surface area contributed by atoms with Crippen LogP contribution in [0.5, 0.6) is 0 Å². The molecule has 5 nitrogen and oxygen atoms in total. The van der Waals surface area contributed by atoms with Crippen molar-refractivity contribution in [1.29, 1.82) is 0 Å². The summed E-state index contributed by atoms with van der Waals surface area (Å²) in [5.41, 5.74) is 0. The van der Waals surface area contributed by atoms with Crippen LogP contribution in [0, 0.1) is 0 Å². The fraction of sp³-hybridized carbons (Fsp3) is 0.600. The van der Waals surface area contributed by atoms with Gasteiger partial charge in [-0.2, -0.15) is 0 Å². The van der Waals surface area contributed by atoms with Crippen molar-refractivity contribution in [2.24, 2.45) is 0 Å². The Hall–Kier alpha value is -1.10. The lowest BCUT2D eigenvalue weighted by Crippen LogP contribution is -2.32. The average molecular weight is 146 g/mol. The minimum atomic E-state index is -0.944. The van der Waals surface area contributed by atoms with E-state index in [1.807, 2.05) is 0 Å². The molecule has 5 N–H and O–H groups in total. The summed E-state index contributed by atoms with van der Waals surface area (Å²) in [6.45, 7) is 0. The van der Waals surface area contributed by atoms with Gasteiger partial charge in [0.25, 0.3) is 0 Å². The van der Waals surface area contributed by atoms with Gasteiger partial charge in [-0.25, -0.2) is 4.79 Å². The van der Waals surface area contributed by atoms with E-state index >= 15 is 0 Å². The van der Waals surface area contributed by atoms with E-state index in [1.54, 1.807) is 0 Å². The quantitative estimate of drug-likeness (QED) is 0.464. The lowest BCUT2D eigenvalue weighted by atomic mass is 10.2. The molecule has 5 heteroatoms. The van der Waals surface area contributed by atoms with Gasteiger partial charge in [0.15, 0.2) is 0 Å². The molecule has 1 aliphatic heterocycles. The number of amides is 1. The Morgan fingerprint density at radius 2 is 2.30 bits per heavy atom. The van der Waals surface area contributed by atoms with Crippen molar-refractivity contribution in [3.63, 3.8) is 0 Å². The Bertz CT molecular complexity index is 157. The van der Waals surface area contributed by atoms with Crippen molar-refractivity contribution in [2.75, 3.05) is 0 Å². The van der Waals surface area contributed by atoms with Gasteiger partial charge in [0.2, 0.25) is 5.91 Å². The zero-order valence-corrected chi connectivity index (χ0v) is 5.46. The van der Waals surface area contributed by atoms with Gasteiger partial charge in [0.1, 0.15) is 6.04 Å². The van der Waals surface area contributed by atoms with Gasteiger partial charge in [-0.1, -0.05) is 0 Å². The second-order valence-electron chi connectivity index (χ2n) is 2.00. The number of carbonyl (C=O) groups excluding carboxylic acids is 1. The summed E-state index contributed by atoms with van der Waals surface area (Å²) < 4.78 is 0. The standard InChI is InChI=1S/C5H7NO3.H3N/c7-4-2-1-3(6-4)5(8)9;/h3H,1-2H2,(H,6,7)(H,8,9);1H3/t3-;/m0./s1. The van der Waals surface area contributed by atoms with Crippen LogP contribution >= 0.6 is 0 Å². The summed E-state index contributed by atoms with van der Waals surface area (Å²) >= 11 is 0. The molecule has 10 heavy (non-hydrogen) atoms. The zero-order chi connectivity index (χ0) is 6.85. The molecular formula is C5H10N2O3. The van der Waals surface area contributed by atoms with Crippen molar-refractivity contribution in [3.8, 4) is 0 Å². The molecule has 0 aromatic rings. The predicted octanol–water partition coefficient (Wildman–Crippen LogP) is -0.488. The largest absolute Gasteiger partial charge is 0.480 e. The van der Waals surface area contributed by atoms with Crippen LogP contribution in [0.2, 0.25) is 0 Å². The lowest BCUT2D eigenvalue weighted by Gasteiger charge is -1.99. The zero-order valence-electron chi connectivity index (χ0n) is 5.46. The van der Waals surface area contributed by atoms with Gasteiger partial charge in [-0.3, -0.25) is 4.79 Å². The maximum Gasteiger partial charge on any atom is 0.326 e. The molecule has 0 aromatic carbocycles. The van der Waals surface area contributed by atoms with Crippen LogP contribution in [0.4, 0.5) is 0 Å². The van der Waals surface area contributed by atoms with Crippen LogP contribution in [0.3, 0.4) is 0 Å². The fourth-order valence-corrected chi connectivity index (χ4v) is 0.799. The maximum atomic E-state index is 10.4. The first-order chi connectivity index (χ1) is 4.20. The molecule has 0 bridgehead atoms. The first-order valence-electron chi connectivity index (χ1n) is 2.72. The monoisotopic (exact) mass is 146 g/mol. The molecule has 1 aliphatic rings. The van der Waals surface area contributed by atoms with Gasteiger partial charge in [0, 0.05) is 6.42 Å². The minimum Gasteiger partial charge on any atom is -0.480 e. The lowest BCUT2D eigenvalue weighted by molar-refractivity contribution is -0.140. The summed E-state index contributed by atoms with van der Waals surface area (Å²) in [4.78, 5) is 20.5. The number of nitrogens with one attached hydrogen (secondary N) is 1. The molecule has 1 rings (SSSR count). The third-order valence-electron chi connectivity index (χ3n) is 1.29. The van der Waals surface area contributed by atoms with Gasteiger partial charge in [-0.15, -0.1) is 0 Å². The number of hydrogen-bond donors (Lipinski definition) is 3. The smallest absolute Gasteiger partial charge is 0.326 e. The first kappa shape index (κ1) is 8.90. The summed E-state index contributed by atoms with van der Waals surface area (Å²) in [5.74, 6) is -1.11. The summed E-state index contributed by atoms with van der Waals surface area (Å²) in [6, 6.07) is -0.641. The molecule has 1 fully saturated rings. The topological polar surface area (TPSA) is 101 Å². The average Bonchev–Trinajstić information content (AvgIpc) is 2.14. The van der Waals surface area contributed by atoms with Crippen LogP contribution in [-0.2, 0) is 9.59 Å². The second-order valence-corrected chi connectivity index (χ2v) is 2.00. The molecule has 58 valence electrons. The summed E-state index contributed by atoms with van der Waals surface area (Å²) in [7, 11) is 0. The molecule has 1 heterocycles. The van der Waals surface area contributed by atoms with Crippen LogP contribution in [-0.4, -0.2) is 23.0 Å². The molecule has 0 aliphatic carbocycles. The highest BCUT2D eigenvalue weighted by molar-refractivity contribution is 5.87. The van der Waals surface area contributed by atoms with E-state index in [1.165, 1.54) is 0 Å². The molecule has 0 saturated carbocycles. The van der Waals surface area contributed by atoms with Crippen LogP contribution in [0.15, 0.2) is 0 Å². The minimum absolute atomic E-state index is 0. The molecule has 0 radical (unpaired) electrons. The predicted molar refractivity (Wildman–Crippen MR) is 33.8 cm³/mol. The number of aliphatic carboxylic acids is 1. The maximum absolute atomic E-state index is 10.4. The number of carboxylic acids is 1. The number of carboxylic acid groups (broad SMARTS) is 1. The normalized spacial score (nSPS) is 23.2. The van der Waals surface area contributed by atoms with Gasteiger partial charge in [0.05, 0.1) is 0 Å². The van der Waals surface area contributed by atoms with E-state index in [9.17, 15) is 9.59 Å². The number of rotatable bonds is 1. The Labute approximate surface area is 58.0 Å². The van der Waals surface area contributed by atoms with Crippen molar-refractivity contribution in [2.45, 2.75) is 18.9 Å². The van der Waals surface area contributed by atoms with Crippen molar-refractivity contribution in [3.05, 3.63) is 0 Å². The van der Waals surface area contributed by atoms with Crippen LogP contribution in [0.1, 0.15) is 12.8 Å². The second kappa shape index (κ2) is 3.17. The van der Waals surface area contributed by atoms with Gasteiger partial charge in [-0.05, 0) is 6.42 Å². The van der Waals surface area contributed by atoms with Crippen LogP contribution in [0.25, 0.3) is 0 Å². The van der Waals surface area contributed by atoms with Gasteiger partial charge >= 0.3 is 5.97 Å².